The van der Waals surface area contributed by atoms with Crippen molar-refractivity contribution >= 4 is 17.9 Å². The first kappa shape index (κ1) is 22.1. The molecule has 1 aliphatic heterocycles. The molecule has 3 rings (SSSR count). The minimum absolute atomic E-state index is 0.00994. The molecule has 2 fully saturated rings. The summed E-state index contributed by atoms with van der Waals surface area (Å²) >= 11 is 0. The zero-order chi connectivity index (χ0) is 21.9. The molecular weight excluding hydrogens is 382 g/mol. The zero-order valence-electron chi connectivity index (χ0n) is 18.1. The average Bonchev–Trinajstić information content (AvgIpc) is 3.10. The summed E-state index contributed by atoms with van der Waals surface area (Å²) in [7, 11) is 0. The number of rotatable bonds is 5. The van der Waals surface area contributed by atoms with E-state index in [1.165, 1.54) is 0 Å². The highest BCUT2D eigenvalue weighted by molar-refractivity contribution is 5.92. The quantitative estimate of drug-likeness (QED) is 0.772. The highest BCUT2D eigenvalue weighted by atomic mass is 16.5. The molecule has 0 radical (unpaired) electrons. The monoisotopic (exact) mass is 415 g/mol. The Morgan fingerprint density at radius 3 is 2.47 bits per heavy atom. The van der Waals surface area contributed by atoms with Crippen molar-refractivity contribution in [2.75, 3.05) is 0 Å². The predicted octanol–water partition coefficient (Wildman–Crippen LogP) is 2.97. The summed E-state index contributed by atoms with van der Waals surface area (Å²) in [5.41, 5.74) is 5.97. The lowest BCUT2D eigenvalue weighted by atomic mass is 9.83. The maximum atomic E-state index is 13.6. The van der Waals surface area contributed by atoms with Gasteiger partial charge in [-0.15, -0.1) is 0 Å². The molecule has 0 spiro atoms. The van der Waals surface area contributed by atoms with Gasteiger partial charge in [-0.05, 0) is 36.2 Å². The van der Waals surface area contributed by atoms with Gasteiger partial charge >= 0.3 is 6.09 Å². The van der Waals surface area contributed by atoms with Crippen LogP contribution in [0.1, 0.15) is 58.4 Å². The first-order valence-corrected chi connectivity index (χ1v) is 10.8. The molecule has 1 saturated heterocycles. The summed E-state index contributed by atoms with van der Waals surface area (Å²) < 4.78 is 5.34. The lowest BCUT2D eigenvalue weighted by Gasteiger charge is -2.39. The van der Waals surface area contributed by atoms with E-state index < -0.39 is 29.5 Å². The summed E-state index contributed by atoms with van der Waals surface area (Å²) in [4.78, 5) is 39.9. The fraction of sp³-hybridized carbons (Fsp3) is 0.609. The van der Waals surface area contributed by atoms with Gasteiger partial charge < -0.3 is 20.7 Å². The van der Waals surface area contributed by atoms with E-state index in [2.05, 4.69) is 5.32 Å². The summed E-state index contributed by atoms with van der Waals surface area (Å²) in [5.74, 6) is -0.430. The maximum Gasteiger partial charge on any atom is 0.408 e. The molecule has 0 aromatic heterocycles. The van der Waals surface area contributed by atoms with Gasteiger partial charge in [0.1, 0.15) is 18.7 Å². The smallest absolute Gasteiger partial charge is 0.408 e. The van der Waals surface area contributed by atoms with Crippen LogP contribution in [-0.4, -0.2) is 40.9 Å². The number of fused-ring (bicyclic) bond motifs is 1. The number of hydrogen-bond donors (Lipinski definition) is 2. The minimum Gasteiger partial charge on any atom is -0.445 e. The Kier molecular flexibility index (Phi) is 6.68. The van der Waals surface area contributed by atoms with Crippen LogP contribution < -0.4 is 11.1 Å². The van der Waals surface area contributed by atoms with Gasteiger partial charge in [-0.25, -0.2) is 4.79 Å². The lowest BCUT2D eigenvalue weighted by Crippen LogP contribution is -2.59. The number of carbonyl (C=O) groups excluding carboxylic acids is 3. The van der Waals surface area contributed by atoms with Crippen LogP contribution in [0.25, 0.3) is 0 Å². The Bertz CT molecular complexity index is 774. The molecule has 4 atom stereocenters. The SMILES string of the molecule is CC(C)(C)C(NC(=O)OCc1ccccc1)C(=O)N1C2CCCCC2C[C@H]1C(N)=O. The molecule has 1 aromatic rings. The molecule has 1 heterocycles. The number of alkyl carbamates (subject to hydrolysis) is 1. The highest BCUT2D eigenvalue weighted by Crippen LogP contribution is 2.40. The van der Waals surface area contributed by atoms with Crippen LogP contribution in [0.4, 0.5) is 4.79 Å². The van der Waals surface area contributed by atoms with Gasteiger partial charge in [0.05, 0.1) is 0 Å². The number of ether oxygens (including phenoxy) is 1. The molecular formula is C23H33N3O4. The molecule has 2 aliphatic rings. The van der Waals surface area contributed by atoms with Gasteiger partial charge in [0.25, 0.3) is 0 Å². The third kappa shape index (κ3) is 4.94. The third-order valence-corrected chi connectivity index (χ3v) is 6.26. The van der Waals surface area contributed by atoms with E-state index in [-0.39, 0.29) is 18.6 Å². The van der Waals surface area contributed by atoms with Gasteiger partial charge in [-0.2, -0.15) is 0 Å². The summed E-state index contributed by atoms with van der Waals surface area (Å²) in [6.45, 7) is 5.79. The van der Waals surface area contributed by atoms with Crippen LogP contribution in [0.3, 0.4) is 0 Å². The number of likely N-dealkylation sites (tertiary alicyclic amines) is 1. The second-order valence-electron chi connectivity index (χ2n) is 9.52. The number of hydrogen-bond acceptors (Lipinski definition) is 4. The molecule has 0 bridgehead atoms. The standard InChI is InChI=1S/C23H33N3O4/c1-23(2,3)19(25-22(29)30-14-15-9-5-4-6-10-15)21(28)26-17-12-8-7-11-16(17)13-18(26)20(24)27/h4-6,9-10,16-19H,7-8,11-14H2,1-3H3,(H2,24,27)(H,25,29)/t16?,17?,18-,19?/m0/s1. The van der Waals surface area contributed by atoms with Gasteiger partial charge in [0.2, 0.25) is 11.8 Å². The van der Waals surface area contributed by atoms with Crippen molar-refractivity contribution in [3.05, 3.63) is 35.9 Å². The highest BCUT2D eigenvalue weighted by Gasteiger charge is 2.50. The molecule has 30 heavy (non-hydrogen) atoms. The van der Waals surface area contributed by atoms with Crippen LogP contribution in [0, 0.1) is 11.3 Å². The van der Waals surface area contributed by atoms with E-state index in [0.29, 0.717) is 12.3 Å². The largest absolute Gasteiger partial charge is 0.445 e. The van der Waals surface area contributed by atoms with Crippen molar-refractivity contribution in [1.82, 2.24) is 10.2 Å². The Labute approximate surface area is 178 Å². The minimum atomic E-state index is -0.816. The number of amides is 3. The van der Waals surface area contributed by atoms with Crippen molar-refractivity contribution < 1.29 is 19.1 Å². The summed E-state index contributed by atoms with van der Waals surface area (Å²) in [6, 6.07) is 7.94. The average molecular weight is 416 g/mol. The molecule has 164 valence electrons. The number of primary amides is 1. The summed E-state index contributed by atoms with van der Waals surface area (Å²) in [6.07, 6.45) is 3.98. The van der Waals surface area contributed by atoms with E-state index in [1.807, 2.05) is 51.1 Å². The van der Waals surface area contributed by atoms with Gasteiger partial charge in [0.15, 0.2) is 0 Å². The second kappa shape index (κ2) is 9.06. The lowest BCUT2D eigenvalue weighted by molar-refractivity contribution is -0.143. The molecule has 7 heteroatoms. The summed E-state index contributed by atoms with van der Waals surface area (Å²) in [5, 5.41) is 2.75. The first-order chi connectivity index (χ1) is 14.2. The molecule has 1 saturated carbocycles. The number of nitrogens with one attached hydrogen (secondary N) is 1. The number of carbonyl (C=O) groups is 3. The Morgan fingerprint density at radius 2 is 1.83 bits per heavy atom. The number of nitrogens with two attached hydrogens (primary N) is 1. The first-order valence-electron chi connectivity index (χ1n) is 10.8. The van der Waals surface area contributed by atoms with Crippen LogP contribution >= 0.6 is 0 Å². The Morgan fingerprint density at radius 1 is 1.17 bits per heavy atom. The Balaban J connectivity index is 1.74. The van der Waals surface area contributed by atoms with Gasteiger partial charge in [-0.1, -0.05) is 63.9 Å². The normalized spacial score (nSPS) is 24.6. The fourth-order valence-electron chi connectivity index (χ4n) is 4.71. The Hall–Kier alpha value is -2.57. The van der Waals surface area contributed by atoms with E-state index in [1.54, 1.807) is 4.90 Å². The van der Waals surface area contributed by atoms with Crippen molar-refractivity contribution in [3.63, 3.8) is 0 Å². The van der Waals surface area contributed by atoms with Crippen molar-refractivity contribution in [1.29, 1.82) is 0 Å². The topological polar surface area (TPSA) is 102 Å². The van der Waals surface area contributed by atoms with E-state index in [9.17, 15) is 14.4 Å². The van der Waals surface area contributed by atoms with Crippen LogP contribution in [0.15, 0.2) is 30.3 Å². The molecule has 3 unspecified atom stereocenters. The van der Waals surface area contributed by atoms with Crippen molar-refractivity contribution in [2.45, 2.75) is 77.6 Å². The predicted molar refractivity (Wildman–Crippen MR) is 113 cm³/mol. The molecule has 3 N–H and O–H groups in total. The maximum absolute atomic E-state index is 13.6. The fourth-order valence-corrected chi connectivity index (χ4v) is 4.71. The van der Waals surface area contributed by atoms with E-state index >= 15 is 0 Å². The van der Waals surface area contributed by atoms with Crippen LogP contribution in [0.2, 0.25) is 0 Å². The number of benzene rings is 1. The van der Waals surface area contributed by atoms with Crippen molar-refractivity contribution in [3.8, 4) is 0 Å². The zero-order valence-corrected chi connectivity index (χ0v) is 18.1. The van der Waals surface area contributed by atoms with Crippen molar-refractivity contribution in [2.24, 2.45) is 17.1 Å². The third-order valence-electron chi connectivity index (χ3n) is 6.26. The molecule has 3 amide bonds. The molecule has 7 nitrogen and oxygen atoms in total. The van der Waals surface area contributed by atoms with Gasteiger partial charge in [0, 0.05) is 6.04 Å². The molecule has 1 aromatic carbocycles. The van der Waals surface area contributed by atoms with E-state index in [4.69, 9.17) is 10.5 Å². The van der Waals surface area contributed by atoms with Gasteiger partial charge in [-0.3, -0.25) is 9.59 Å². The van der Waals surface area contributed by atoms with Crippen LogP contribution in [-0.2, 0) is 20.9 Å². The molecule has 1 aliphatic carbocycles. The second-order valence-corrected chi connectivity index (χ2v) is 9.52. The number of nitrogens with zero attached hydrogens (tertiary/aromatic N) is 1. The van der Waals surface area contributed by atoms with E-state index in [0.717, 1.165) is 31.2 Å². The van der Waals surface area contributed by atoms with Crippen LogP contribution in [0.5, 0.6) is 0 Å².